The Kier molecular flexibility index (Phi) is 6.91. The number of ether oxygens (including phenoxy) is 1. The van der Waals surface area contributed by atoms with E-state index in [1.807, 2.05) is 19.9 Å². The fraction of sp³-hybridized carbons (Fsp3) is 0.333. The van der Waals surface area contributed by atoms with Gasteiger partial charge >= 0.3 is 5.97 Å². The molecule has 0 bridgehead atoms. The maximum atomic E-state index is 13.0. The number of fused-ring (bicyclic) bond motifs is 1. The summed E-state index contributed by atoms with van der Waals surface area (Å²) in [6, 6.07) is 13.0. The standard InChI is InChI=1S/C27H28N2O5/c1-3-4-14-34-27(33)18-9-11-20(12-10-18)28-24(30)19-6-5-7-21(16-19)29-25(31)22-13-8-17(2)15-23(22)26(29)32/h5-12,16,22-23H,3-4,13-15H2,1-2H3,(H,28,30)/t22-,23+/m1/s1. The highest BCUT2D eigenvalue weighted by molar-refractivity contribution is 6.22. The maximum absolute atomic E-state index is 13.0. The SMILES string of the molecule is CCCCOC(=O)c1ccc(NC(=O)c2cccc(N3C(=O)[C@H]4CC(C)=CC[C@H]4C3=O)c2)cc1. The Labute approximate surface area is 198 Å². The molecular formula is C27H28N2O5. The first-order valence-electron chi connectivity index (χ1n) is 11.6. The number of carbonyl (C=O) groups is 4. The second kappa shape index (κ2) is 10.0. The van der Waals surface area contributed by atoms with Gasteiger partial charge in [-0.1, -0.05) is 31.1 Å². The highest BCUT2D eigenvalue weighted by atomic mass is 16.5. The summed E-state index contributed by atoms with van der Waals surface area (Å²) in [5.41, 5.74) is 2.78. The lowest BCUT2D eigenvalue weighted by Crippen LogP contribution is -2.31. The van der Waals surface area contributed by atoms with E-state index in [-0.39, 0.29) is 29.6 Å². The Morgan fingerprint density at radius 2 is 1.76 bits per heavy atom. The molecule has 2 atom stereocenters. The molecule has 1 fully saturated rings. The number of esters is 1. The number of unbranched alkanes of at least 4 members (excludes halogenated alkanes) is 1. The molecular weight excluding hydrogens is 432 g/mol. The summed E-state index contributed by atoms with van der Waals surface area (Å²) in [5.74, 6) is -1.86. The van der Waals surface area contributed by atoms with E-state index in [1.165, 1.54) is 4.90 Å². The Morgan fingerprint density at radius 3 is 2.50 bits per heavy atom. The van der Waals surface area contributed by atoms with Crippen molar-refractivity contribution in [3.63, 3.8) is 0 Å². The zero-order valence-electron chi connectivity index (χ0n) is 19.4. The van der Waals surface area contributed by atoms with E-state index in [2.05, 4.69) is 5.32 Å². The van der Waals surface area contributed by atoms with Crippen molar-refractivity contribution in [2.24, 2.45) is 11.8 Å². The predicted octanol–water partition coefficient (Wildman–Crippen LogP) is 4.74. The molecule has 2 aliphatic rings. The highest BCUT2D eigenvalue weighted by Crippen LogP contribution is 2.39. The molecule has 176 valence electrons. The zero-order chi connectivity index (χ0) is 24.2. The number of allylic oxidation sites excluding steroid dienone is 2. The molecule has 0 unspecified atom stereocenters. The lowest BCUT2D eigenvalue weighted by Gasteiger charge is -2.18. The molecule has 0 aromatic heterocycles. The van der Waals surface area contributed by atoms with Crippen molar-refractivity contribution in [1.29, 1.82) is 0 Å². The van der Waals surface area contributed by atoms with Crippen LogP contribution >= 0.6 is 0 Å². The maximum Gasteiger partial charge on any atom is 0.338 e. The Hall–Kier alpha value is -3.74. The number of amides is 3. The average Bonchev–Trinajstić information content (AvgIpc) is 3.08. The molecule has 4 rings (SSSR count). The molecule has 0 spiro atoms. The van der Waals surface area contributed by atoms with Crippen LogP contribution in [0.1, 0.15) is 60.2 Å². The van der Waals surface area contributed by atoms with Crippen molar-refractivity contribution in [2.75, 3.05) is 16.8 Å². The molecule has 7 heteroatoms. The lowest BCUT2D eigenvalue weighted by molar-refractivity contribution is -0.122. The second-order valence-corrected chi connectivity index (χ2v) is 8.79. The quantitative estimate of drug-likeness (QED) is 0.279. The Balaban J connectivity index is 1.44. The van der Waals surface area contributed by atoms with Crippen LogP contribution in [0.4, 0.5) is 11.4 Å². The van der Waals surface area contributed by atoms with Crippen LogP contribution in [0, 0.1) is 11.8 Å². The minimum Gasteiger partial charge on any atom is -0.462 e. The van der Waals surface area contributed by atoms with Gasteiger partial charge in [-0.3, -0.25) is 19.3 Å². The van der Waals surface area contributed by atoms with E-state index in [1.54, 1.807) is 48.5 Å². The number of nitrogens with zero attached hydrogens (tertiary/aromatic N) is 1. The number of imide groups is 1. The third-order valence-electron chi connectivity index (χ3n) is 6.30. The summed E-state index contributed by atoms with van der Waals surface area (Å²) < 4.78 is 5.19. The molecule has 1 N–H and O–H groups in total. The molecule has 2 aromatic rings. The molecule has 2 aromatic carbocycles. The highest BCUT2D eigenvalue weighted by Gasteiger charge is 2.48. The third kappa shape index (κ3) is 4.78. The summed E-state index contributed by atoms with van der Waals surface area (Å²) in [5, 5.41) is 2.78. The van der Waals surface area contributed by atoms with Gasteiger partial charge in [0.1, 0.15) is 0 Å². The van der Waals surface area contributed by atoms with Crippen molar-refractivity contribution in [1.82, 2.24) is 0 Å². The number of hydrogen-bond acceptors (Lipinski definition) is 5. The minimum absolute atomic E-state index is 0.207. The van der Waals surface area contributed by atoms with Crippen LogP contribution in [-0.4, -0.2) is 30.3 Å². The largest absolute Gasteiger partial charge is 0.462 e. The summed E-state index contributed by atoms with van der Waals surface area (Å²) in [4.78, 5) is 52.0. The van der Waals surface area contributed by atoms with E-state index < -0.39 is 5.97 Å². The molecule has 1 aliphatic carbocycles. The first-order chi connectivity index (χ1) is 16.4. The van der Waals surface area contributed by atoms with Gasteiger partial charge in [-0.05, 0) is 68.7 Å². The fourth-order valence-corrected chi connectivity index (χ4v) is 4.36. The monoisotopic (exact) mass is 460 g/mol. The summed E-state index contributed by atoms with van der Waals surface area (Å²) in [6.07, 6.45) is 4.94. The number of hydrogen-bond donors (Lipinski definition) is 1. The molecule has 0 saturated carbocycles. The zero-order valence-corrected chi connectivity index (χ0v) is 19.4. The number of rotatable bonds is 7. The summed E-state index contributed by atoms with van der Waals surface area (Å²) in [6.45, 7) is 4.37. The molecule has 0 radical (unpaired) electrons. The average molecular weight is 461 g/mol. The van der Waals surface area contributed by atoms with Crippen molar-refractivity contribution >= 4 is 35.1 Å². The van der Waals surface area contributed by atoms with E-state index >= 15 is 0 Å². The third-order valence-corrected chi connectivity index (χ3v) is 6.30. The van der Waals surface area contributed by atoms with Crippen LogP contribution < -0.4 is 10.2 Å². The number of carbonyl (C=O) groups excluding carboxylic acids is 4. The number of anilines is 2. The predicted molar refractivity (Wildman–Crippen MR) is 128 cm³/mol. The van der Waals surface area contributed by atoms with Crippen LogP contribution in [0.15, 0.2) is 60.2 Å². The van der Waals surface area contributed by atoms with Gasteiger partial charge in [-0.2, -0.15) is 0 Å². The van der Waals surface area contributed by atoms with Crippen LogP contribution in [0.3, 0.4) is 0 Å². The molecule has 34 heavy (non-hydrogen) atoms. The first-order valence-corrected chi connectivity index (χ1v) is 11.6. The summed E-state index contributed by atoms with van der Waals surface area (Å²) in [7, 11) is 0. The Bertz CT molecular complexity index is 1150. The van der Waals surface area contributed by atoms with Gasteiger partial charge in [0.2, 0.25) is 11.8 Å². The van der Waals surface area contributed by atoms with Gasteiger partial charge < -0.3 is 10.1 Å². The first kappa shape index (κ1) is 23.4. The molecule has 1 aliphatic heterocycles. The van der Waals surface area contributed by atoms with Gasteiger partial charge in [0.05, 0.1) is 29.7 Å². The van der Waals surface area contributed by atoms with Crippen LogP contribution in [0.2, 0.25) is 0 Å². The van der Waals surface area contributed by atoms with Gasteiger partial charge in [-0.25, -0.2) is 4.79 Å². The van der Waals surface area contributed by atoms with E-state index in [0.717, 1.165) is 18.4 Å². The smallest absolute Gasteiger partial charge is 0.338 e. The van der Waals surface area contributed by atoms with E-state index in [0.29, 0.717) is 42.0 Å². The molecule has 7 nitrogen and oxygen atoms in total. The normalized spacial score (nSPS) is 19.5. The Morgan fingerprint density at radius 1 is 1.03 bits per heavy atom. The topological polar surface area (TPSA) is 92.8 Å². The molecule has 3 amide bonds. The number of nitrogens with one attached hydrogen (secondary N) is 1. The van der Waals surface area contributed by atoms with Crippen molar-refractivity contribution < 1.29 is 23.9 Å². The van der Waals surface area contributed by atoms with Crippen molar-refractivity contribution in [3.05, 3.63) is 71.3 Å². The van der Waals surface area contributed by atoms with Crippen molar-refractivity contribution in [3.8, 4) is 0 Å². The van der Waals surface area contributed by atoms with E-state index in [9.17, 15) is 19.2 Å². The van der Waals surface area contributed by atoms with Crippen LogP contribution in [0.25, 0.3) is 0 Å². The van der Waals surface area contributed by atoms with Crippen LogP contribution in [0.5, 0.6) is 0 Å². The fourth-order valence-electron chi connectivity index (χ4n) is 4.36. The second-order valence-electron chi connectivity index (χ2n) is 8.79. The van der Waals surface area contributed by atoms with Gasteiger partial charge in [-0.15, -0.1) is 0 Å². The van der Waals surface area contributed by atoms with Crippen LogP contribution in [-0.2, 0) is 14.3 Å². The van der Waals surface area contributed by atoms with Gasteiger partial charge in [0.15, 0.2) is 0 Å². The summed E-state index contributed by atoms with van der Waals surface area (Å²) >= 11 is 0. The number of benzene rings is 2. The van der Waals surface area contributed by atoms with Crippen molar-refractivity contribution in [2.45, 2.75) is 39.5 Å². The van der Waals surface area contributed by atoms with Gasteiger partial charge in [0, 0.05) is 11.3 Å². The minimum atomic E-state index is -0.398. The molecule has 1 heterocycles. The lowest BCUT2D eigenvalue weighted by atomic mass is 9.82. The molecule has 1 saturated heterocycles. The van der Waals surface area contributed by atoms with E-state index in [4.69, 9.17) is 4.74 Å². The van der Waals surface area contributed by atoms with Gasteiger partial charge in [0.25, 0.3) is 5.91 Å².